The molecule has 1 amide bonds. The number of hydrogen-bond donors (Lipinski definition) is 2. The Balaban J connectivity index is 1.38. The number of nitrogens with one attached hydrogen (secondary N) is 1. The SMILES string of the molecule is CCCCOc1cc(C(=O)c2ccccc2F)ccc1C(=O)N[C@H]1C2CC3CC1C[C@](O)(C3)C2. The van der Waals surface area contributed by atoms with E-state index >= 15 is 0 Å². The summed E-state index contributed by atoms with van der Waals surface area (Å²) < 4.78 is 20.1. The molecular formula is C28H32FNO4. The van der Waals surface area contributed by atoms with Crippen molar-refractivity contribution in [3.05, 3.63) is 65.0 Å². The second-order valence-corrected chi connectivity index (χ2v) is 10.4. The fourth-order valence-corrected chi connectivity index (χ4v) is 6.54. The van der Waals surface area contributed by atoms with Gasteiger partial charge in [-0.25, -0.2) is 4.39 Å². The van der Waals surface area contributed by atoms with Gasteiger partial charge in [0, 0.05) is 11.6 Å². The van der Waals surface area contributed by atoms with Crippen LogP contribution in [0.1, 0.15) is 78.1 Å². The minimum Gasteiger partial charge on any atom is -0.493 e. The summed E-state index contributed by atoms with van der Waals surface area (Å²) in [6.45, 7) is 2.48. The first kappa shape index (κ1) is 23.0. The number of ketones is 1. The molecule has 4 aliphatic carbocycles. The van der Waals surface area contributed by atoms with Crippen LogP contribution in [0.2, 0.25) is 0 Å². The smallest absolute Gasteiger partial charge is 0.255 e. The fourth-order valence-electron chi connectivity index (χ4n) is 6.54. The predicted molar refractivity (Wildman–Crippen MR) is 126 cm³/mol. The summed E-state index contributed by atoms with van der Waals surface area (Å²) in [5.41, 5.74) is 0.102. The third-order valence-electron chi connectivity index (χ3n) is 7.90. The lowest BCUT2D eigenvalue weighted by Gasteiger charge is -2.58. The molecule has 4 bridgehead atoms. The van der Waals surface area contributed by atoms with E-state index in [4.69, 9.17) is 4.74 Å². The lowest BCUT2D eigenvalue weighted by atomic mass is 9.52. The number of benzene rings is 2. The third kappa shape index (κ3) is 4.36. The lowest BCUT2D eigenvalue weighted by molar-refractivity contribution is -0.136. The predicted octanol–water partition coefficient (Wildman–Crippen LogP) is 4.91. The molecule has 0 saturated heterocycles. The molecular weight excluding hydrogens is 433 g/mol. The van der Waals surface area contributed by atoms with Gasteiger partial charge in [0.2, 0.25) is 0 Å². The second-order valence-electron chi connectivity index (χ2n) is 10.4. The largest absolute Gasteiger partial charge is 0.493 e. The van der Waals surface area contributed by atoms with E-state index in [0.29, 0.717) is 35.7 Å². The molecule has 2 aromatic rings. The van der Waals surface area contributed by atoms with Crippen molar-refractivity contribution in [2.24, 2.45) is 17.8 Å². The maximum absolute atomic E-state index is 14.2. The van der Waals surface area contributed by atoms with Gasteiger partial charge in [-0.2, -0.15) is 0 Å². The summed E-state index contributed by atoms with van der Waals surface area (Å²) in [4.78, 5) is 26.3. The molecule has 4 fully saturated rings. The highest BCUT2D eigenvalue weighted by atomic mass is 19.1. The van der Waals surface area contributed by atoms with E-state index in [9.17, 15) is 19.1 Å². The van der Waals surface area contributed by atoms with Crippen molar-refractivity contribution < 1.29 is 23.8 Å². The van der Waals surface area contributed by atoms with Crippen LogP contribution in [-0.4, -0.2) is 35.0 Å². The van der Waals surface area contributed by atoms with Gasteiger partial charge in [0.25, 0.3) is 5.91 Å². The monoisotopic (exact) mass is 465 g/mol. The average Bonchev–Trinajstić information content (AvgIpc) is 2.80. The number of rotatable bonds is 8. The van der Waals surface area contributed by atoms with Crippen LogP contribution in [-0.2, 0) is 0 Å². The first-order chi connectivity index (χ1) is 16.4. The van der Waals surface area contributed by atoms with Gasteiger partial charge in [-0.15, -0.1) is 0 Å². The molecule has 6 rings (SSSR count). The number of carbonyl (C=O) groups is 2. The van der Waals surface area contributed by atoms with E-state index in [2.05, 4.69) is 12.2 Å². The van der Waals surface area contributed by atoms with Crippen molar-refractivity contribution in [2.45, 2.75) is 63.5 Å². The van der Waals surface area contributed by atoms with Gasteiger partial charge in [0.15, 0.2) is 5.78 Å². The number of unbranched alkanes of at least 4 members (excludes halogenated alkanes) is 1. The zero-order valence-electron chi connectivity index (χ0n) is 19.6. The molecule has 0 heterocycles. The zero-order chi connectivity index (χ0) is 23.9. The summed E-state index contributed by atoms with van der Waals surface area (Å²) in [7, 11) is 0. The summed E-state index contributed by atoms with van der Waals surface area (Å²) in [5, 5.41) is 14.1. The summed E-state index contributed by atoms with van der Waals surface area (Å²) in [6.07, 6.45) is 6.26. The first-order valence-corrected chi connectivity index (χ1v) is 12.5. The maximum Gasteiger partial charge on any atom is 0.255 e. The van der Waals surface area contributed by atoms with Gasteiger partial charge < -0.3 is 15.2 Å². The number of aliphatic hydroxyl groups is 1. The van der Waals surface area contributed by atoms with E-state index in [0.717, 1.165) is 44.9 Å². The van der Waals surface area contributed by atoms with Crippen LogP contribution in [0.25, 0.3) is 0 Å². The lowest BCUT2D eigenvalue weighted by Crippen LogP contribution is -2.61. The van der Waals surface area contributed by atoms with Crippen LogP contribution in [0, 0.1) is 23.6 Å². The molecule has 2 aromatic carbocycles. The molecule has 2 unspecified atom stereocenters. The van der Waals surface area contributed by atoms with Gasteiger partial charge in [-0.05, 0) is 86.6 Å². The van der Waals surface area contributed by atoms with Gasteiger partial charge in [0.05, 0.1) is 23.3 Å². The number of ether oxygens (including phenoxy) is 1. The number of carbonyl (C=O) groups excluding carboxylic acids is 2. The fraction of sp³-hybridized carbons (Fsp3) is 0.500. The zero-order valence-corrected chi connectivity index (χ0v) is 19.6. The highest BCUT2D eigenvalue weighted by Crippen LogP contribution is 2.55. The van der Waals surface area contributed by atoms with E-state index < -0.39 is 17.2 Å². The Kier molecular flexibility index (Phi) is 6.19. The van der Waals surface area contributed by atoms with Crippen LogP contribution in [0.15, 0.2) is 42.5 Å². The molecule has 2 N–H and O–H groups in total. The van der Waals surface area contributed by atoms with E-state index in [1.165, 1.54) is 12.1 Å². The molecule has 0 aliphatic heterocycles. The highest BCUT2D eigenvalue weighted by Gasteiger charge is 2.55. The molecule has 34 heavy (non-hydrogen) atoms. The number of halogens is 1. The maximum atomic E-state index is 14.2. The molecule has 4 saturated carbocycles. The minimum atomic E-state index is -0.577. The highest BCUT2D eigenvalue weighted by molar-refractivity contribution is 6.10. The van der Waals surface area contributed by atoms with Crippen molar-refractivity contribution in [3.8, 4) is 5.75 Å². The van der Waals surface area contributed by atoms with Gasteiger partial charge in [-0.3, -0.25) is 9.59 Å². The van der Waals surface area contributed by atoms with Crippen molar-refractivity contribution >= 4 is 11.7 Å². The van der Waals surface area contributed by atoms with Gasteiger partial charge >= 0.3 is 0 Å². The molecule has 4 aliphatic rings. The number of hydrogen-bond acceptors (Lipinski definition) is 4. The molecule has 2 atom stereocenters. The second kappa shape index (κ2) is 9.14. The van der Waals surface area contributed by atoms with E-state index in [1.807, 2.05) is 0 Å². The van der Waals surface area contributed by atoms with Crippen molar-refractivity contribution in [2.75, 3.05) is 6.61 Å². The summed E-state index contributed by atoms with van der Waals surface area (Å²) >= 11 is 0. The van der Waals surface area contributed by atoms with E-state index in [-0.39, 0.29) is 23.1 Å². The standard InChI is InChI=1S/C28H32FNO4/c1-2-3-10-34-24-13-18(26(31)21-6-4-5-7-23(21)29)8-9-22(24)27(32)30-25-19-11-17-12-20(25)16-28(33,14-17)15-19/h4-9,13,17,19-20,25,33H,2-3,10-12,14-16H2,1H3,(H,30,32)/t17?,19?,20?,25-,28-. The van der Waals surface area contributed by atoms with Crippen LogP contribution in [0.4, 0.5) is 4.39 Å². The molecule has 0 spiro atoms. The van der Waals surface area contributed by atoms with Crippen LogP contribution in [0.3, 0.4) is 0 Å². The minimum absolute atomic E-state index is 0.00858. The van der Waals surface area contributed by atoms with Gasteiger partial charge in [0.1, 0.15) is 11.6 Å². The summed E-state index contributed by atoms with van der Waals surface area (Å²) in [5.74, 6) is 0.257. The molecule has 6 heteroatoms. The van der Waals surface area contributed by atoms with Crippen molar-refractivity contribution in [1.29, 1.82) is 0 Å². The van der Waals surface area contributed by atoms with Crippen LogP contribution in [0.5, 0.6) is 5.75 Å². The van der Waals surface area contributed by atoms with Crippen LogP contribution < -0.4 is 10.1 Å². The Labute approximate surface area is 199 Å². The Morgan fingerprint density at radius 1 is 1.09 bits per heavy atom. The van der Waals surface area contributed by atoms with Crippen molar-refractivity contribution in [3.63, 3.8) is 0 Å². The van der Waals surface area contributed by atoms with Gasteiger partial charge in [-0.1, -0.05) is 25.5 Å². The average molecular weight is 466 g/mol. The third-order valence-corrected chi connectivity index (χ3v) is 7.90. The topological polar surface area (TPSA) is 75.6 Å². The van der Waals surface area contributed by atoms with Crippen LogP contribution >= 0.6 is 0 Å². The Morgan fingerprint density at radius 2 is 1.82 bits per heavy atom. The first-order valence-electron chi connectivity index (χ1n) is 12.5. The number of amides is 1. The van der Waals surface area contributed by atoms with Crippen molar-refractivity contribution in [1.82, 2.24) is 5.32 Å². The Morgan fingerprint density at radius 3 is 2.50 bits per heavy atom. The summed E-state index contributed by atoms with van der Waals surface area (Å²) in [6, 6.07) is 10.7. The van der Waals surface area contributed by atoms with E-state index in [1.54, 1.807) is 30.3 Å². The quantitative estimate of drug-likeness (QED) is 0.429. The Hall–Kier alpha value is -2.73. The normalized spacial score (nSPS) is 29.1. The molecule has 0 aromatic heterocycles. The molecule has 0 radical (unpaired) electrons. The molecule has 5 nitrogen and oxygen atoms in total. The molecule has 180 valence electrons. The Bertz CT molecular complexity index is 1080.